The van der Waals surface area contributed by atoms with E-state index in [0.717, 1.165) is 16.8 Å². The molecule has 1 saturated heterocycles. The normalized spacial score (nSPS) is 15.6. The lowest BCUT2D eigenvalue weighted by Gasteiger charge is -2.14. The Morgan fingerprint density at radius 3 is 2.92 bits per heavy atom. The molecule has 0 saturated carbocycles. The number of nitrogens with zero attached hydrogens (tertiary/aromatic N) is 1. The predicted molar refractivity (Wildman–Crippen MR) is 106 cm³/mol. The van der Waals surface area contributed by atoms with E-state index in [9.17, 15) is 14.7 Å². The first-order valence-electron chi connectivity index (χ1n) is 7.58. The predicted octanol–water partition coefficient (Wildman–Crippen LogP) is 3.40. The van der Waals surface area contributed by atoms with Crippen LogP contribution >= 0.6 is 35.3 Å². The van der Waals surface area contributed by atoms with Crippen molar-refractivity contribution in [3.05, 3.63) is 51.1 Å². The minimum atomic E-state index is -0.407. The largest absolute Gasteiger partial charge is 0.504 e. The molecular weight excluding hydrogens is 392 g/mol. The van der Waals surface area contributed by atoms with E-state index in [0.29, 0.717) is 27.7 Å². The zero-order chi connectivity index (χ0) is 18.7. The summed E-state index contributed by atoms with van der Waals surface area (Å²) in [7, 11) is 0. The summed E-state index contributed by atoms with van der Waals surface area (Å²) in [5, 5.41) is 12.6. The molecule has 1 aromatic carbocycles. The number of hydrazine groups is 1. The molecule has 0 aliphatic carbocycles. The van der Waals surface area contributed by atoms with Crippen molar-refractivity contribution in [2.24, 2.45) is 0 Å². The molecule has 1 aliphatic rings. The van der Waals surface area contributed by atoms with E-state index in [1.54, 1.807) is 35.7 Å². The Balaban J connectivity index is 1.79. The van der Waals surface area contributed by atoms with Crippen LogP contribution in [0.1, 0.15) is 22.2 Å². The Hall–Kier alpha value is -2.36. The van der Waals surface area contributed by atoms with Crippen molar-refractivity contribution in [2.75, 3.05) is 6.61 Å². The van der Waals surface area contributed by atoms with E-state index in [1.165, 1.54) is 17.4 Å². The summed E-state index contributed by atoms with van der Waals surface area (Å²) in [6.45, 7) is 2.22. The number of phenolic OH excluding ortho intramolecular Hbond substituents is 1. The smallest absolute Gasteiger partial charge is 0.285 e. The standard InChI is InChI=1S/C17H14N2O4S3/c1-2-23-12-8-10(5-6-11(12)20)9-14-16(22)19(17(24)26-14)18-15(21)13-4-3-7-25-13/h3-9,20H,2H2,1H3,(H,18,21)/b14-9+. The van der Waals surface area contributed by atoms with Gasteiger partial charge in [-0.25, -0.2) is 0 Å². The van der Waals surface area contributed by atoms with Crippen LogP contribution in [0.3, 0.4) is 0 Å². The van der Waals surface area contributed by atoms with Gasteiger partial charge in [-0.1, -0.05) is 23.9 Å². The lowest BCUT2D eigenvalue weighted by Crippen LogP contribution is -2.44. The van der Waals surface area contributed by atoms with Gasteiger partial charge in [0, 0.05) is 0 Å². The molecule has 6 nitrogen and oxygen atoms in total. The molecule has 2 N–H and O–H groups in total. The minimum Gasteiger partial charge on any atom is -0.504 e. The van der Waals surface area contributed by atoms with Crippen molar-refractivity contribution in [1.82, 2.24) is 10.4 Å². The summed E-state index contributed by atoms with van der Waals surface area (Å²) in [5.41, 5.74) is 3.20. The highest BCUT2D eigenvalue weighted by Gasteiger charge is 2.34. The number of hydrogen-bond acceptors (Lipinski definition) is 7. The van der Waals surface area contributed by atoms with Crippen LogP contribution in [0.15, 0.2) is 40.6 Å². The molecule has 0 radical (unpaired) electrons. The number of benzene rings is 1. The second-order valence-corrected chi connectivity index (χ2v) is 7.72. The van der Waals surface area contributed by atoms with Gasteiger partial charge < -0.3 is 9.84 Å². The Bertz CT molecular complexity index is 893. The first-order valence-corrected chi connectivity index (χ1v) is 9.68. The number of rotatable bonds is 5. The molecular formula is C17H14N2O4S3. The van der Waals surface area contributed by atoms with E-state index < -0.39 is 5.91 Å². The van der Waals surface area contributed by atoms with Crippen LogP contribution in [0.5, 0.6) is 11.5 Å². The number of carbonyl (C=O) groups is 2. The molecule has 1 aromatic heterocycles. The van der Waals surface area contributed by atoms with Gasteiger partial charge in [-0.2, -0.15) is 5.01 Å². The van der Waals surface area contributed by atoms with Crippen molar-refractivity contribution in [3.8, 4) is 11.5 Å². The van der Waals surface area contributed by atoms with Crippen LogP contribution < -0.4 is 10.2 Å². The summed E-state index contributed by atoms with van der Waals surface area (Å²) in [6.07, 6.45) is 1.64. The summed E-state index contributed by atoms with van der Waals surface area (Å²) in [4.78, 5) is 25.6. The molecule has 1 fully saturated rings. The maximum absolute atomic E-state index is 12.6. The van der Waals surface area contributed by atoms with E-state index in [4.69, 9.17) is 17.0 Å². The summed E-state index contributed by atoms with van der Waals surface area (Å²) in [6, 6.07) is 8.21. The highest BCUT2D eigenvalue weighted by Crippen LogP contribution is 2.33. The monoisotopic (exact) mass is 406 g/mol. The maximum atomic E-state index is 12.6. The molecule has 134 valence electrons. The first kappa shape index (κ1) is 18.4. The summed E-state index contributed by atoms with van der Waals surface area (Å²) < 4.78 is 5.59. The minimum absolute atomic E-state index is 0.0276. The number of thiophene rings is 1. The van der Waals surface area contributed by atoms with Crippen molar-refractivity contribution in [2.45, 2.75) is 6.92 Å². The van der Waals surface area contributed by atoms with Crippen LogP contribution in [0.2, 0.25) is 0 Å². The topological polar surface area (TPSA) is 78.9 Å². The molecule has 9 heteroatoms. The zero-order valence-electron chi connectivity index (χ0n) is 13.6. The number of ether oxygens (including phenoxy) is 1. The lowest BCUT2D eigenvalue weighted by molar-refractivity contribution is -0.123. The molecule has 0 bridgehead atoms. The van der Waals surface area contributed by atoms with Crippen LogP contribution in [-0.2, 0) is 4.79 Å². The van der Waals surface area contributed by atoms with Crippen molar-refractivity contribution >= 4 is 57.5 Å². The maximum Gasteiger partial charge on any atom is 0.285 e. The molecule has 2 aromatic rings. The second kappa shape index (κ2) is 7.90. The third-order valence-corrected chi connectivity index (χ3v) is 5.50. The molecule has 3 rings (SSSR count). The van der Waals surface area contributed by atoms with Gasteiger partial charge in [0.1, 0.15) is 0 Å². The molecule has 26 heavy (non-hydrogen) atoms. The molecule has 1 aliphatic heterocycles. The Morgan fingerprint density at radius 1 is 1.42 bits per heavy atom. The Kier molecular flexibility index (Phi) is 5.60. The van der Waals surface area contributed by atoms with Gasteiger partial charge in [0.25, 0.3) is 11.8 Å². The number of aromatic hydroxyl groups is 1. The van der Waals surface area contributed by atoms with E-state index in [-0.39, 0.29) is 16.0 Å². The SMILES string of the molecule is CCOc1cc(/C=C2/SC(=S)N(NC(=O)c3cccs3)C2=O)ccc1O. The van der Waals surface area contributed by atoms with Gasteiger partial charge in [-0.3, -0.25) is 15.0 Å². The van der Waals surface area contributed by atoms with Crippen LogP contribution in [0.25, 0.3) is 6.08 Å². The molecule has 0 unspecified atom stereocenters. The average Bonchev–Trinajstić information content (AvgIpc) is 3.23. The zero-order valence-corrected chi connectivity index (χ0v) is 16.0. The fourth-order valence-corrected chi connectivity index (χ4v) is 3.96. The number of thioether (sulfide) groups is 1. The van der Waals surface area contributed by atoms with Crippen LogP contribution in [0.4, 0.5) is 0 Å². The molecule has 0 atom stereocenters. The third-order valence-electron chi connectivity index (χ3n) is 3.33. The average molecular weight is 407 g/mol. The number of nitrogens with one attached hydrogen (secondary N) is 1. The second-order valence-electron chi connectivity index (χ2n) is 5.10. The van der Waals surface area contributed by atoms with Crippen molar-refractivity contribution < 1.29 is 19.4 Å². The lowest BCUT2D eigenvalue weighted by atomic mass is 10.2. The van der Waals surface area contributed by atoms with Gasteiger partial charge >= 0.3 is 0 Å². The van der Waals surface area contributed by atoms with E-state index in [1.807, 2.05) is 6.92 Å². The van der Waals surface area contributed by atoms with E-state index >= 15 is 0 Å². The van der Waals surface area contributed by atoms with E-state index in [2.05, 4.69) is 5.43 Å². The summed E-state index contributed by atoms with van der Waals surface area (Å²) in [5.74, 6) is -0.431. The van der Waals surface area contributed by atoms with Crippen LogP contribution in [-0.4, -0.2) is 32.9 Å². The highest BCUT2D eigenvalue weighted by molar-refractivity contribution is 8.26. The number of phenols is 1. The number of thiocarbonyl (C=S) groups is 1. The van der Waals surface area contributed by atoms with Gasteiger partial charge in [0.05, 0.1) is 16.4 Å². The summed E-state index contributed by atoms with van der Waals surface area (Å²) >= 11 is 7.57. The number of amides is 2. The van der Waals surface area contributed by atoms with Crippen molar-refractivity contribution in [3.63, 3.8) is 0 Å². The van der Waals surface area contributed by atoms with Gasteiger partial charge in [-0.05, 0) is 54.4 Å². The fourth-order valence-electron chi connectivity index (χ4n) is 2.17. The highest BCUT2D eigenvalue weighted by atomic mass is 32.2. The number of carbonyl (C=O) groups excluding carboxylic acids is 2. The fraction of sp³-hybridized carbons (Fsp3) is 0.118. The van der Waals surface area contributed by atoms with Crippen molar-refractivity contribution in [1.29, 1.82) is 0 Å². The Labute approximate surface area is 163 Å². The first-order chi connectivity index (χ1) is 12.5. The molecule has 2 heterocycles. The molecule has 2 amide bonds. The van der Waals surface area contributed by atoms with Gasteiger partial charge in [0.15, 0.2) is 15.8 Å². The van der Waals surface area contributed by atoms with Gasteiger partial charge in [-0.15, -0.1) is 11.3 Å². The molecule has 0 spiro atoms. The third kappa shape index (κ3) is 3.90. The Morgan fingerprint density at radius 2 is 2.23 bits per heavy atom. The number of hydrogen-bond donors (Lipinski definition) is 2. The quantitative estimate of drug-likeness (QED) is 0.585. The van der Waals surface area contributed by atoms with Gasteiger partial charge in [0.2, 0.25) is 0 Å². The van der Waals surface area contributed by atoms with Crippen LogP contribution in [0, 0.1) is 0 Å².